The Morgan fingerprint density at radius 3 is 2.13 bits per heavy atom. The molecule has 0 aliphatic carbocycles. The molecule has 0 saturated heterocycles. The van der Waals surface area contributed by atoms with Crippen molar-refractivity contribution >= 4 is 27.8 Å². The molecule has 1 aromatic carbocycles. The van der Waals surface area contributed by atoms with Crippen molar-refractivity contribution in [1.29, 1.82) is 0 Å². The third-order valence-corrected chi connectivity index (χ3v) is 4.27. The monoisotopic (exact) mass is 331 g/mol. The maximum Gasteiger partial charge on any atom is 0.251 e. The highest BCUT2D eigenvalue weighted by Gasteiger charge is 2.05. The van der Waals surface area contributed by atoms with Gasteiger partial charge in [0.1, 0.15) is 5.01 Å². The second-order valence-corrected chi connectivity index (χ2v) is 6.67. The molecule has 124 valence electrons. The number of aryl methyl sites for hydroxylation is 1. The Kier molecular flexibility index (Phi) is 7.13. The summed E-state index contributed by atoms with van der Waals surface area (Å²) in [4.78, 5) is 2.46. The quantitative estimate of drug-likeness (QED) is 0.556. The molecule has 1 aromatic heterocycles. The lowest BCUT2D eigenvalue weighted by atomic mass is 10.2. The number of hydrogen-bond acceptors (Lipinski definition) is 6. The van der Waals surface area contributed by atoms with Crippen LogP contribution < -0.4 is 4.90 Å². The highest BCUT2D eigenvalue weighted by atomic mass is 32.1. The second-order valence-electron chi connectivity index (χ2n) is 5.51. The van der Waals surface area contributed by atoms with Gasteiger partial charge in [-0.05, 0) is 44.0 Å². The van der Waals surface area contributed by atoms with E-state index in [2.05, 4.69) is 51.3 Å². The Hall–Kier alpha value is -1.82. The molecule has 0 aliphatic rings. The van der Waals surface area contributed by atoms with Crippen molar-refractivity contribution in [2.75, 3.05) is 18.0 Å². The molecular formula is C17H25N5S. The minimum absolute atomic E-state index is 0.596. The highest BCUT2D eigenvalue weighted by Crippen LogP contribution is 2.24. The van der Waals surface area contributed by atoms with Crippen molar-refractivity contribution in [3.8, 4) is 0 Å². The van der Waals surface area contributed by atoms with E-state index in [0.29, 0.717) is 5.13 Å². The van der Waals surface area contributed by atoms with Gasteiger partial charge in [-0.15, -0.1) is 20.4 Å². The molecule has 0 radical (unpaired) electrons. The number of hydrogen-bond donors (Lipinski definition) is 0. The molecule has 0 fully saturated rings. The summed E-state index contributed by atoms with van der Waals surface area (Å²) in [7, 11) is 0. The zero-order valence-corrected chi connectivity index (χ0v) is 15.0. The van der Waals surface area contributed by atoms with E-state index < -0.39 is 0 Å². The summed E-state index contributed by atoms with van der Waals surface area (Å²) in [6.45, 7) is 8.60. The molecule has 0 atom stereocenters. The lowest BCUT2D eigenvalue weighted by Gasteiger charge is -2.24. The molecule has 0 amide bonds. The smallest absolute Gasteiger partial charge is 0.251 e. The van der Waals surface area contributed by atoms with Crippen LogP contribution >= 0.6 is 11.3 Å². The van der Waals surface area contributed by atoms with E-state index in [4.69, 9.17) is 0 Å². The average molecular weight is 331 g/mol. The fraction of sp³-hybridized carbons (Fsp3) is 0.529. The van der Waals surface area contributed by atoms with E-state index in [9.17, 15) is 0 Å². The van der Waals surface area contributed by atoms with E-state index in [0.717, 1.165) is 23.8 Å². The maximum atomic E-state index is 4.23. The molecular weight excluding hydrogens is 306 g/mol. The van der Waals surface area contributed by atoms with Crippen LogP contribution in [0.2, 0.25) is 0 Å². The molecule has 0 unspecified atom stereocenters. The van der Waals surface area contributed by atoms with Crippen LogP contribution in [-0.4, -0.2) is 23.3 Å². The van der Waals surface area contributed by atoms with Crippen LogP contribution in [0.1, 0.15) is 44.5 Å². The third-order valence-electron chi connectivity index (χ3n) is 3.54. The number of nitrogens with zero attached hydrogens (tertiary/aromatic N) is 5. The molecule has 0 spiro atoms. The maximum absolute atomic E-state index is 4.23. The number of anilines is 1. The molecule has 23 heavy (non-hydrogen) atoms. The SMILES string of the molecule is CCCCN(CCCC)c1ccc(N=Nc2nnc(C)s2)cc1. The van der Waals surface area contributed by atoms with Gasteiger partial charge in [0.15, 0.2) is 0 Å². The highest BCUT2D eigenvalue weighted by molar-refractivity contribution is 7.14. The van der Waals surface area contributed by atoms with E-state index in [1.54, 1.807) is 0 Å². The summed E-state index contributed by atoms with van der Waals surface area (Å²) in [6, 6.07) is 8.28. The van der Waals surface area contributed by atoms with Crippen molar-refractivity contribution in [1.82, 2.24) is 10.2 Å². The lowest BCUT2D eigenvalue weighted by Crippen LogP contribution is -2.25. The molecule has 6 heteroatoms. The van der Waals surface area contributed by atoms with E-state index >= 15 is 0 Å². The average Bonchev–Trinajstić information content (AvgIpc) is 2.99. The van der Waals surface area contributed by atoms with Gasteiger partial charge >= 0.3 is 0 Å². The van der Waals surface area contributed by atoms with Gasteiger partial charge in [0.05, 0.1) is 5.69 Å². The van der Waals surface area contributed by atoms with E-state index in [-0.39, 0.29) is 0 Å². The van der Waals surface area contributed by atoms with E-state index in [1.165, 1.54) is 42.7 Å². The number of rotatable bonds is 9. The van der Waals surface area contributed by atoms with Gasteiger partial charge in [0.2, 0.25) is 0 Å². The van der Waals surface area contributed by atoms with Crippen molar-refractivity contribution in [2.45, 2.75) is 46.5 Å². The molecule has 0 aliphatic heterocycles. The molecule has 2 rings (SSSR count). The summed E-state index contributed by atoms with van der Waals surface area (Å²) in [5.41, 5.74) is 2.10. The van der Waals surface area contributed by atoms with Gasteiger partial charge in [0, 0.05) is 18.8 Å². The number of unbranched alkanes of at least 4 members (excludes halogenated alkanes) is 2. The summed E-state index contributed by atoms with van der Waals surface area (Å²) in [6.07, 6.45) is 4.88. The van der Waals surface area contributed by atoms with Gasteiger partial charge < -0.3 is 4.90 Å². The first kappa shape index (κ1) is 17.5. The molecule has 0 saturated carbocycles. The number of azo groups is 1. The number of aromatic nitrogens is 2. The minimum atomic E-state index is 0.596. The first-order valence-electron chi connectivity index (χ1n) is 8.29. The van der Waals surface area contributed by atoms with Crippen LogP contribution in [0.25, 0.3) is 0 Å². The second kappa shape index (κ2) is 9.35. The Morgan fingerprint density at radius 2 is 1.61 bits per heavy atom. The number of benzene rings is 1. The predicted molar refractivity (Wildman–Crippen MR) is 97.3 cm³/mol. The summed E-state index contributed by atoms with van der Waals surface area (Å²) < 4.78 is 0. The molecule has 0 N–H and O–H groups in total. The Morgan fingerprint density at radius 1 is 0.957 bits per heavy atom. The van der Waals surface area contributed by atoms with Gasteiger partial charge in [-0.1, -0.05) is 38.0 Å². The van der Waals surface area contributed by atoms with Crippen molar-refractivity contribution < 1.29 is 0 Å². The lowest BCUT2D eigenvalue weighted by molar-refractivity contribution is 0.678. The van der Waals surface area contributed by atoms with Gasteiger partial charge in [-0.25, -0.2) is 0 Å². The van der Waals surface area contributed by atoms with Crippen LogP contribution in [-0.2, 0) is 0 Å². The van der Waals surface area contributed by atoms with Crippen LogP contribution in [0.3, 0.4) is 0 Å². The minimum Gasteiger partial charge on any atom is -0.372 e. The van der Waals surface area contributed by atoms with Gasteiger partial charge in [-0.3, -0.25) is 0 Å². The molecule has 1 heterocycles. The topological polar surface area (TPSA) is 53.7 Å². The van der Waals surface area contributed by atoms with Crippen LogP contribution in [0.4, 0.5) is 16.5 Å². The fourth-order valence-electron chi connectivity index (χ4n) is 2.23. The van der Waals surface area contributed by atoms with E-state index in [1.807, 2.05) is 19.1 Å². The van der Waals surface area contributed by atoms with Crippen molar-refractivity contribution in [3.63, 3.8) is 0 Å². The van der Waals surface area contributed by atoms with Gasteiger partial charge in [-0.2, -0.15) is 0 Å². The zero-order chi connectivity index (χ0) is 16.5. The Labute approximate surface area is 142 Å². The zero-order valence-electron chi connectivity index (χ0n) is 14.2. The van der Waals surface area contributed by atoms with Crippen LogP contribution in [0.5, 0.6) is 0 Å². The van der Waals surface area contributed by atoms with Gasteiger partial charge in [0.25, 0.3) is 5.13 Å². The Bertz CT molecular complexity index is 598. The first-order chi connectivity index (χ1) is 11.2. The normalized spacial score (nSPS) is 11.3. The van der Waals surface area contributed by atoms with Crippen LogP contribution in [0, 0.1) is 6.92 Å². The summed E-state index contributed by atoms with van der Waals surface area (Å²) >= 11 is 1.44. The largest absolute Gasteiger partial charge is 0.372 e. The Balaban J connectivity index is 2.02. The third kappa shape index (κ3) is 5.71. The molecule has 0 bridgehead atoms. The first-order valence-corrected chi connectivity index (χ1v) is 9.11. The molecule has 5 nitrogen and oxygen atoms in total. The molecule has 2 aromatic rings. The van der Waals surface area contributed by atoms with Crippen molar-refractivity contribution in [3.05, 3.63) is 29.3 Å². The fourth-order valence-corrected chi connectivity index (χ4v) is 2.73. The van der Waals surface area contributed by atoms with Crippen molar-refractivity contribution in [2.24, 2.45) is 10.2 Å². The summed E-state index contributed by atoms with van der Waals surface area (Å²) in [5, 5.41) is 17.7. The predicted octanol–water partition coefficient (Wildman–Crippen LogP) is 5.67. The standard InChI is InChI=1S/C17H25N5S/c1-4-6-12-22(13-7-5-2)16-10-8-15(9-11-16)19-21-17-20-18-14(3)23-17/h8-11H,4-7,12-13H2,1-3H3. The van der Waals surface area contributed by atoms with Crippen LogP contribution in [0.15, 0.2) is 34.5 Å². The summed E-state index contributed by atoms with van der Waals surface area (Å²) in [5.74, 6) is 0.